The van der Waals surface area contributed by atoms with Crippen LogP contribution in [0.15, 0.2) is 18.2 Å². The molecule has 1 aromatic rings. The summed E-state index contributed by atoms with van der Waals surface area (Å²) in [6, 6.07) is 5.21. The summed E-state index contributed by atoms with van der Waals surface area (Å²) in [5.74, 6) is 0.135. The van der Waals surface area contributed by atoms with Gasteiger partial charge in [-0.05, 0) is 31.0 Å². The Kier molecular flexibility index (Phi) is 5.55. The Morgan fingerprint density at radius 3 is 2.69 bits per heavy atom. The Hall–Kier alpha value is -1.64. The predicted molar refractivity (Wildman–Crippen MR) is 101 cm³/mol. The molecule has 2 atom stereocenters. The first-order valence-electron chi connectivity index (χ1n) is 8.89. The van der Waals surface area contributed by atoms with Crippen LogP contribution in [-0.2, 0) is 14.6 Å². The van der Waals surface area contributed by atoms with Crippen LogP contribution in [0, 0.1) is 13.8 Å². The number of fused-ring (bicyclic) bond motifs is 1. The number of urea groups is 1. The third-order valence-corrected chi connectivity index (χ3v) is 6.97. The van der Waals surface area contributed by atoms with Gasteiger partial charge in [0.15, 0.2) is 9.84 Å². The fourth-order valence-corrected chi connectivity index (χ4v) is 5.83. The van der Waals surface area contributed by atoms with Crippen molar-refractivity contribution in [1.29, 1.82) is 0 Å². The second-order valence-corrected chi connectivity index (χ2v) is 9.34. The third kappa shape index (κ3) is 4.02. The molecule has 2 heterocycles. The lowest BCUT2D eigenvalue weighted by atomic mass is 10.1. The zero-order valence-corrected chi connectivity index (χ0v) is 16.4. The molecule has 0 unspecified atom stereocenters. The molecule has 2 amide bonds. The molecular weight excluding hydrogens is 354 g/mol. The summed E-state index contributed by atoms with van der Waals surface area (Å²) in [6.07, 6.45) is 0. The van der Waals surface area contributed by atoms with E-state index in [0.29, 0.717) is 26.2 Å². The van der Waals surface area contributed by atoms with E-state index in [4.69, 9.17) is 4.74 Å². The quantitative estimate of drug-likeness (QED) is 0.850. The Morgan fingerprint density at radius 2 is 1.96 bits per heavy atom. The second kappa shape index (κ2) is 7.54. The van der Waals surface area contributed by atoms with E-state index in [1.54, 1.807) is 12.0 Å². The average Bonchev–Trinajstić information content (AvgIpc) is 2.90. The molecule has 0 bridgehead atoms. The summed E-state index contributed by atoms with van der Waals surface area (Å²) in [6.45, 7) is 6.32. The molecule has 0 aromatic heterocycles. The molecule has 2 saturated heterocycles. The van der Waals surface area contributed by atoms with Gasteiger partial charge < -0.3 is 15.0 Å². The van der Waals surface area contributed by atoms with Gasteiger partial charge in [0.25, 0.3) is 0 Å². The van der Waals surface area contributed by atoms with E-state index in [-0.39, 0.29) is 29.6 Å². The van der Waals surface area contributed by atoms with Crippen LogP contribution in [0.3, 0.4) is 0 Å². The van der Waals surface area contributed by atoms with E-state index in [1.807, 2.05) is 32.0 Å². The lowest BCUT2D eigenvalue weighted by molar-refractivity contribution is 0.0499. The molecule has 1 N–H and O–H groups in total. The minimum Gasteiger partial charge on any atom is -0.383 e. The number of nitrogens with zero attached hydrogens (tertiary/aromatic N) is 2. The van der Waals surface area contributed by atoms with Crippen molar-refractivity contribution in [3.8, 4) is 0 Å². The predicted octanol–water partition coefficient (Wildman–Crippen LogP) is 1.26. The van der Waals surface area contributed by atoms with Crippen LogP contribution in [0.1, 0.15) is 11.1 Å². The summed E-state index contributed by atoms with van der Waals surface area (Å²) in [5.41, 5.74) is 2.82. The summed E-state index contributed by atoms with van der Waals surface area (Å²) in [7, 11) is -1.51. The van der Waals surface area contributed by atoms with Crippen LogP contribution >= 0.6 is 0 Å². The summed E-state index contributed by atoms with van der Waals surface area (Å²) in [4.78, 5) is 16.7. The van der Waals surface area contributed by atoms with E-state index in [1.165, 1.54) is 0 Å². The molecule has 0 spiro atoms. The van der Waals surface area contributed by atoms with E-state index >= 15 is 0 Å². The SMILES string of the molecule is COCCN1CCN(C(=O)Nc2cc(C)ccc2C)[C@H]2CS(=O)(=O)C[C@H]21. The molecular formula is C18H27N3O4S. The molecule has 0 radical (unpaired) electrons. The highest BCUT2D eigenvalue weighted by Crippen LogP contribution is 2.28. The monoisotopic (exact) mass is 381 g/mol. The number of hydrogen-bond acceptors (Lipinski definition) is 5. The lowest BCUT2D eigenvalue weighted by Gasteiger charge is -2.43. The number of aryl methyl sites for hydroxylation is 2. The largest absolute Gasteiger partial charge is 0.383 e. The molecule has 144 valence electrons. The van der Waals surface area contributed by atoms with Crippen molar-refractivity contribution in [1.82, 2.24) is 9.80 Å². The number of benzene rings is 1. The number of piperazine rings is 1. The van der Waals surface area contributed by atoms with Gasteiger partial charge in [0, 0.05) is 38.5 Å². The topological polar surface area (TPSA) is 79.0 Å². The number of ether oxygens (including phenoxy) is 1. The van der Waals surface area contributed by atoms with Crippen molar-refractivity contribution in [3.63, 3.8) is 0 Å². The van der Waals surface area contributed by atoms with Crippen molar-refractivity contribution in [2.75, 3.05) is 50.2 Å². The van der Waals surface area contributed by atoms with E-state index in [2.05, 4.69) is 10.2 Å². The van der Waals surface area contributed by atoms with Gasteiger partial charge in [0.1, 0.15) is 0 Å². The van der Waals surface area contributed by atoms with E-state index < -0.39 is 9.84 Å². The normalized spacial score (nSPS) is 25.1. The zero-order chi connectivity index (χ0) is 18.9. The minimum atomic E-state index is -3.15. The van der Waals surface area contributed by atoms with Crippen molar-refractivity contribution in [3.05, 3.63) is 29.3 Å². The summed E-state index contributed by atoms with van der Waals surface area (Å²) >= 11 is 0. The van der Waals surface area contributed by atoms with Crippen LogP contribution in [0.4, 0.5) is 10.5 Å². The molecule has 2 fully saturated rings. The van der Waals surface area contributed by atoms with Crippen molar-refractivity contribution in [2.24, 2.45) is 0 Å². The van der Waals surface area contributed by atoms with Crippen molar-refractivity contribution < 1.29 is 17.9 Å². The van der Waals surface area contributed by atoms with Gasteiger partial charge in [-0.25, -0.2) is 13.2 Å². The Balaban J connectivity index is 1.77. The van der Waals surface area contributed by atoms with Gasteiger partial charge >= 0.3 is 6.03 Å². The van der Waals surface area contributed by atoms with Gasteiger partial charge in [0.05, 0.1) is 24.2 Å². The molecule has 1 aromatic carbocycles. The number of carbonyl (C=O) groups is 1. The Morgan fingerprint density at radius 1 is 1.23 bits per heavy atom. The Labute approximate surface area is 155 Å². The fraction of sp³-hybridized carbons (Fsp3) is 0.611. The molecule has 7 nitrogen and oxygen atoms in total. The number of anilines is 1. The van der Waals surface area contributed by atoms with Crippen LogP contribution in [0.5, 0.6) is 0 Å². The van der Waals surface area contributed by atoms with Crippen LogP contribution < -0.4 is 5.32 Å². The third-order valence-electron chi connectivity index (χ3n) is 5.27. The molecule has 3 rings (SSSR count). The highest BCUT2D eigenvalue weighted by Gasteiger charge is 2.47. The average molecular weight is 381 g/mol. The lowest BCUT2D eigenvalue weighted by Crippen LogP contribution is -2.61. The van der Waals surface area contributed by atoms with Gasteiger partial charge in [-0.3, -0.25) is 4.90 Å². The minimum absolute atomic E-state index is 0.0291. The molecule has 26 heavy (non-hydrogen) atoms. The zero-order valence-electron chi connectivity index (χ0n) is 15.6. The van der Waals surface area contributed by atoms with Crippen LogP contribution in [0.25, 0.3) is 0 Å². The highest BCUT2D eigenvalue weighted by molar-refractivity contribution is 7.91. The maximum atomic E-state index is 12.9. The smallest absolute Gasteiger partial charge is 0.322 e. The molecule has 8 heteroatoms. The molecule has 0 aliphatic carbocycles. The van der Waals surface area contributed by atoms with E-state index in [9.17, 15) is 13.2 Å². The van der Waals surface area contributed by atoms with Gasteiger partial charge in [0.2, 0.25) is 0 Å². The van der Waals surface area contributed by atoms with Crippen molar-refractivity contribution in [2.45, 2.75) is 25.9 Å². The molecule has 0 saturated carbocycles. The fourth-order valence-electron chi connectivity index (χ4n) is 3.82. The first-order chi connectivity index (χ1) is 12.3. The van der Waals surface area contributed by atoms with Crippen LogP contribution in [-0.4, -0.2) is 81.2 Å². The van der Waals surface area contributed by atoms with Crippen molar-refractivity contribution >= 4 is 21.6 Å². The van der Waals surface area contributed by atoms with Gasteiger partial charge in [-0.15, -0.1) is 0 Å². The number of methoxy groups -OCH3 is 1. The number of rotatable bonds is 4. The second-order valence-electron chi connectivity index (χ2n) is 7.18. The number of nitrogens with one attached hydrogen (secondary N) is 1. The highest BCUT2D eigenvalue weighted by atomic mass is 32.2. The molecule has 2 aliphatic heterocycles. The molecule has 2 aliphatic rings. The maximum Gasteiger partial charge on any atom is 0.322 e. The maximum absolute atomic E-state index is 12.9. The number of carbonyl (C=O) groups excluding carboxylic acids is 1. The summed E-state index contributed by atoms with van der Waals surface area (Å²) in [5, 5.41) is 2.97. The first-order valence-corrected chi connectivity index (χ1v) is 10.7. The first kappa shape index (κ1) is 19.1. The van der Waals surface area contributed by atoms with Gasteiger partial charge in [-0.1, -0.05) is 12.1 Å². The summed E-state index contributed by atoms with van der Waals surface area (Å²) < 4.78 is 29.6. The number of amides is 2. The van der Waals surface area contributed by atoms with Gasteiger partial charge in [-0.2, -0.15) is 0 Å². The number of sulfone groups is 1. The number of hydrogen-bond donors (Lipinski definition) is 1. The standard InChI is InChI=1S/C18H27N3O4S/c1-13-4-5-14(2)15(10-13)19-18(22)21-7-6-20(8-9-25-3)16-11-26(23,24)12-17(16)21/h4-5,10,16-17H,6-9,11-12H2,1-3H3,(H,19,22)/t16-,17+/m1/s1. The van der Waals surface area contributed by atoms with Crippen LogP contribution in [0.2, 0.25) is 0 Å². The Bertz CT molecular complexity index is 781. The van der Waals surface area contributed by atoms with E-state index in [0.717, 1.165) is 16.8 Å².